The molecule has 0 aliphatic rings. The number of ether oxygens (including phenoxy) is 1. The molecule has 2 aromatic rings. The van der Waals surface area contributed by atoms with Crippen LogP contribution in [0.3, 0.4) is 0 Å². The molecule has 106 valence electrons. The van der Waals surface area contributed by atoms with E-state index in [1.807, 2.05) is 24.3 Å². The first kappa shape index (κ1) is 14.3. The molecule has 2 rings (SSSR count). The van der Waals surface area contributed by atoms with Gasteiger partial charge in [-0.2, -0.15) is 0 Å². The molecular weight excluding hydrogens is 248 g/mol. The number of nitrogen functional groups attached to an aromatic ring is 1. The van der Waals surface area contributed by atoms with Crippen LogP contribution in [0.1, 0.15) is 16.7 Å². The Hall–Kier alpha value is -2.16. The van der Waals surface area contributed by atoms with Crippen LogP contribution in [0, 0.1) is 20.8 Å². The molecule has 0 aromatic heterocycles. The number of benzene rings is 2. The van der Waals surface area contributed by atoms with Gasteiger partial charge >= 0.3 is 0 Å². The average Bonchev–Trinajstić information content (AvgIpc) is 2.44. The van der Waals surface area contributed by atoms with Gasteiger partial charge in [0.05, 0.1) is 11.4 Å². The van der Waals surface area contributed by atoms with Crippen LogP contribution in [0.4, 0.5) is 11.4 Å². The normalized spacial score (nSPS) is 10.3. The summed E-state index contributed by atoms with van der Waals surface area (Å²) in [7, 11) is 0. The first-order chi connectivity index (χ1) is 9.59. The van der Waals surface area contributed by atoms with Crippen LogP contribution in [0.25, 0.3) is 0 Å². The molecule has 0 bridgehead atoms. The molecule has 20 heavy (non-hydrogen) atoms. The zero-order chi connectivity index (χ0) is 14.5. The predicted octanol–water partition coefficient (Wildman–Crippen LogP) is 3.68. The van der Waals surface area contributed by atoms with Crippen LogP contribution in [-0.4, -0.2) is 13.2 Å². The van der Waals surface area contributed by atoms with Crippen LogP contribution in [-0.2, 0) is 0 Å². The highest BCUT2D eigenvalue weighted by molar-refractivity contribution is 5.65. The molecule has 2 aromatic carbocycles. The third-order valence-electron chi connectivity index (χ3n) is 3.50. The van der Waals surface area contributed by atoms with E-state index in [-0.39, 0.29) is 0 Å². The van der Waals surface area contributed by atoms with Gasteiger partial charge in [-0.25, -0.2) is 0 Å². The molecule has 0 radical (unpaired) electrons. The summed E-state index contributed by atoms with van der Waals surface area (Å²) in [6.45, 7) is 7.61. The van der Waals surface area contributed by atoms with Gasteiger partial charge in [-0.15, -0.1) is 0 Å². The van der Waals surface area contributed by atoms with Gasteiger partial charge in [-0.05, 0) is 49.6 Å². The first-order valence-electron chi connectivity index (χ1n) is 6.87. The Morgan fingerprint density at radius 1 is 1.00 bits per heavy atom. The van der Waals surface area contributed by atoms with Crippen LogP contribution in [0.15, 0.2) is 36.4 Å². The summed E-state index contributed by atoms with van der Waals surface area (Å²) in [4.78, 5) is 0. The van der Waals surface area contributed by atoms with E-state index >= 15 is 0 Å². The van der Waals surface area contributed by atoms with Crippen molar-refractivity contribution in [3.8, 4) is 5.75 Å². The Balaban J connectivity index is 1.91. The fourth-order valence-electron chi connectivity index (χ4n) is 2.14. The summed E-state index contributed by atoms with van der Waals surface area (Å²) < 4.78 is 5.91. The first-order valence-corrected chi connectivity index (χ1v) is 6.87. The number of hydrogen-bond donors (Lipinski definition) is 2. The van der Waals surface area contributed by atoms with Crippen molar-refractivity contribution in [2.45, 2.75) is 20.8 Å². The Morgan fingerprint density at radius 2 is 1.70 bits per heavy atom. The van der Waals surface area contributed by atoms with Gasteiger partial charge in [0.25, 0.3) is 0 Å². The third-order valence-corrected chi connectivity index (χ3v) is 3.50. The molecule has 3 heteroatoms. The fraction of sp³-hybridized carbons (Fsp3) is 0.294. The van der Waals surface area contributed by atoms with Gasteiger partial charge in [-0.3, -0.25) is 0 Å². The molecular formula is C17H22N2O. The summed E-state index contributed by atoms with van der Waals surface area (Å²) >= 11 is 0. The number of para-hydroxylation sites is 2. The van der Waals surface area contributed by atoms with Crippen LogP contribution < -0.4 is 15.8 Å². The van der Waals surface area contributed by atoms with E-state index in [1.54, 1.807) is 0 Å². The van der Waals surface area contributed by atoms with Crippen molar-refractivity contribution in [1.29, 1.82) is 0 Å². The standard InChI is InChI=1S/C17H22N2O/c1-12-8-9-13(2)17(14(12)3)20-11-10-19-16-7-5-4-6-15(16)18/h4-9,19H,10-11,18H2,1-3H3. The van der Waals surface area contributed by atoms with Gasteiger partial charge < -0.3 is 15.8 Å². The molecule has 0 aliphatic heterocycles. The maximum Gasteiger partial charge on any atom is 0.125 e. The Kier molecular flexibility index (Phi) is 4.51. The lowest BCUT2D eigenvalue weighted by Gasteiger charge is -2.15. The molecule has 0 aliphatic carbocycles. The molecule has 3 N–H and O–H groups in total. The van der Waals surface area contributed by atoms with Gasteiger partial charge in [0, 0.05) is 6.54 Å². The zero-order valence-corrected chi connectivity index (χ0v) is 12.4. The van der Waals surface area contributed by atoms with Crippen LogP contribution in [0.2, 0.25) is 0 Å². The number of hydrogen-bond acceptors (Lipinski definition) is 3. The van der Waals surface area contributed by atoms with E-state index in [9.17, 15) is 0 Å². The molecule has 0 saturated heterocycles. The molecule has 0 atom stereocenters. The summed E-state index contributed by atoms with van der Waals surface area (Å²) in [5.41, 5.74) is 11.2. The quantitative estimate of drug-likeness (QED) is 0.643. The molecule has 0 heterocycles. The van der Waals surface area contributed by atoms with Crippen LogP contribution in [0.5, 0.6) is 5.75 Å². The van der Waals surface area contributed by atoms with Gasteiger partial charge in [0.15, 0.2) is 0 Å². The lowest BCUT2D eigenvalue weighted by molar-refractivity contribution is 0.328. The smallest absolute Gasteiger partial charge is 0.125 e. The second kappa shape index (κ2) is 6.33. The predicted molar refractivity (Wildman–Crippen MR) is 85.5 cm³/mol. The molecule has 3 nitrogen and oxygen atoms in total. The Morgan fingerprint density at radius 3 is 2.45 bits per heavy atom. The summed E-state index contributed by atoms with van der Waals surface area (Å²) in [6, 6.07) is 12.0. The van der Waals surface area contributed by atoms with E-state index in [4.69, 9.17) is 10.5 Å². The number of aryl methyl sites for hydroxylation is 2. The van der Waals surface area contributed by atoms with Crippen molar-refractivity contribution >= 4 is 11.4 Å². The van der Waals surface area contributed by atoms with E-state index in [1.165, 1.54) is 16.7 Å². The number of nitrogens with two attached hydrogens (primary N) is 1. The molecule has 0 spiro atoms. The van der Waals surface area contributed by atoms with E-state index in [0.29, 0.717) is 6.61 Å². The van der Waals surface area contributed by atoms with E-state index in [0.717, 1.165) is 23.7 Å². The minimum atomic E-state index is 0.611. The van der Waals surface area contributed by atoms with Gasteiger partial charge in [-0.1, -0.05) is 24.3 Å². The van der Waals surface area contributed by atoms with Gasteiger partial charge in [0.1, 0.15) is 12.4 Å². The van der Waals surface area contributed by atoms with E-state index < -0.39 is 0 Å². The molecule has 0 unspecified atom stereocenters. The highest BCUT2D eigenvalue weighted by Crippen LogP contribution is 2.25. The third kappa shape index (κ3) is 3.23. The second-order valence-electron chi connectivity index (χ2n) is 5.02. The van der Waals surface area contributed by atoms with Crippen molar-refractivity contribution < 1.29 is 4.74 Å². The van der Waals surface area contributed by atoms with Crippen molar-refractivity contribution in [1.82, 2.24) is 0 Å². The number of nitrogens with one attached hydrogen (secondary N) is 1. The van der Waals surface area contributed by atoms with E-state index in [2.05, 4.69) is 38.2 Å². The Bertz CT molecular complexity index is 594. The summed E-state index contributed by atoms with van der Waals surface area (Å²) in [6.07, 6.45) is 0. The fourth-order valence-corrected chi connectivity index (χ4v) is 2.14. The molecule has 0 saturated carbocycles. The maximum absolute atomic E-state index is 5.91. The maximum atomic E-state index is 5.91. The highest BCUT2D eigenvalue weighted by atomic mass is 16.5. The zero-order valence-electron chi connectivity index (χ0n) is 12.4. The van der Waals surface area contributed by atoms with Crippen molar-refractivity contribution in [3.05, 3.63) is 53.1 Å². The summed E-state index contributed by atoms with van der Waals surface area (Å²) in [5.74, 6) is 0.993. The summed E-state index contributed by atoms with van der Waals surface area (Å²) in [5, 5.41) is 3.29. The van der Waals surface area contributed by atoms with Crippen LogP contribution >= 0.6 is 0 Å². The minimum Gasteiger partial charge on any atom is -0.491 e. The largest absolute Gasteiger partial charge is 0.491 e. The molecule has 0 amide bonds. The van der Waals surface area contributed by atoms with Crippen molar-refractivity contribution in [2.24, 2.45) is 0 Å². The minimum absolute atomic E-state index is 0.611. The Labute approximate surface area is 120 Å². The average molecular weight is 270 g/mol. The lowest BCUT2D eigenvalue weighted by atomic mass is 10.1. The SMILES string of the molecule is Cc1ccc(C)c(OCCNc2ccccc2N)c1C. The number of anilines is 2. The van der Waals surface area contributed by atoms with Crippen molar-refractivity contribution in [2.75, 3.05) is 24.2 Å². The topological polar surface area (TPSA) is 47.3 Å². The molecule has 0 fully saturated rings. The lowest BCUT2D eigenvalue weighted by Crippen LogP contribution is -2.13. The second-order valence-corrected chi connectivity index (χ2v) is 5.02. The highest BCUT2D eigenvalue weighted by Gasteiger charge is 2.06. The van der Waals surface area contributed by atoms with Crippen molar-refractivity contribution in [3.63, 3.8) is 0 Å². The number of rotatable bonds is 5. The monoisotopic (exact) mass is 270 g/mol. The van der Waals surface area contributed by atoms with Gasteiger partial charge in [0.2, 0.25) is 0 Å².